The van der Waals surface area contributed by atoms with Gasteiger partial charge in [0.1, 0.15) is 0 Å². The zero-order valence-electron chi connectivity index (χ0n) is 17.7. The van der Waals surface area contributed by atoms with Gasteiger partial charge >= 0.3 is 0 Å². The van der Waals surface area contributed by atoms with Crippen LogP contribution in [0.3, 0.4) is 0 Å². The van der Waals surface area contributed by atoms with Crippen molar-refractivity contribution in [3.63, 3.8) is 0 Å². The molecule has 1 aromatic rings. The van der Waals surface area contributed by atoms with Gasteiger partial charge in [-0.15, -0.1) is 24.0 Å². The van der Waals surface area contributed by atoms with E-state index in [4.69, 9.17) is 14.5 Å². The van der Waals surface area contributed by atoms with E-state index < -0.39 is 0 Å². The number of guanidine groups is 1. The van der Waals surface area contributed by atoms with Crippen molar-refractivity contribution in [1.82, 2.24) is 10.6 Å². The Hall–Kier alpha value is -0.860. The van der Waals surface area contributed by atoms with Gasteiger partial charge < -0.3 is 20.1 Å². The molecule has 1 heterocycles. The Morgan fingerprint density at radius 2 is 1.86 bits per heavy atom. The topological polar surface area (TPSA) is 54.9 Å². The van der Waals surface area contributed by atoms with E-state index in [9.17, 15) is 0 Å². The molecule has 5 nitrogen and oxygen atoms in total. The lowest BCUT2D eigenvalue weighted by atomic mass is 9.74. The second-order valence-corrected chi connectivity index (χ2v) is 7.68. The maximum atomic E-state index is 5.69. The van der Waals surface area contributed by atoms with Gasteiger partial charge in [-0.25, -0.2) is 0 Å². The summed E-state index contributed by atoms with van der Waals surface area (Å²) in [4.78, 5) is 4.92. The van der Waals surface area contributed by atoms with Crippen molar-refractivity contribution in [2.24, 2.45) is 10.9 Å². The van der Waals surface area contributed by atoms with Crippen molar-refractivity contribution in [3.8, 4) is 0 Å². The molecule has 1 aliphatic heterocycles. The van der Waals surface area contributed by atoms with E-state index >= 15 is 0 Å². The van der Waals surface area contributed by atoms with Gasteiger partial charge in [0.05, 0.1) is 13.2 Å². The Morgan fingerprint density at radius 3 is 2.50 bits per heavy atom. The monoisotopic (exact) mass is 503 g/mol. The van der Waals surface area contributed by atoms with Crippen LogP contribution in [0.5, 0.6) is 0 Å². The van der Waals surface area contributed by atoms with Crippen LogP contribution >= 0.6 is 24.0 Å². The number of hydrogen-bond acceptors (Lipinski definition) is 3. The van der Waals surface area contributed by atoms with Crippen molar-refractivity contribution >= 4 is 29.9 Å². The normalized spacial score (nSPS) is 16.5. The van der Waals surface area contributed by atoms with Crippen LogP contribution in [0.2, 0.25) is 0 Å². The number of nitrogens with one attached hydrogen (secondary N) is 2. The Kier molecular flexibility index (Phi) is 12.7. The number of rotatable bonds is 10. The van der Waals surface area contributed by atoms with Crippen LogP contribution in [0.1, 0.15) is 45.6 Å². The second-order valence-electron chi connectivity index (χ2n) is 7.68. The van der Waals surface area contributed by atoms with Gasteiger partial charge in [-0.3, -0.25) is 4.99 Å². The van der Waals surface area contributed by atoms with Gasteiger partial charge in [0.2, 0.25) is 0 Å². The van der Waals surface area contributed by atoms with E-state index in [0.29, 0.717) is 12.5 Å². The van der Waals surface area contributed by atoms with Crippen molar-refractivity contribution in [2.75, 3.05) is 46.1 Å². The maximum Gasteiger partial charge on any atom is 0.191 e. The number of benzene rings is 1. The minimum atomic E-state index is 0. The van der Waals surface area contributed by atoms with E-state index in [-0.39, 0.29) is 29.4 Å². The van der Waals surface area contributed by atoms with Gasteiger partial charge in [0.15, 0.2) is 5.96 Å². The highest BCUT2D eigenvalue weighted by Crippen LogP contribution is 2.35. The summed E-state index contributed by atoms with van der Waals surface area (Å²) >= 11 is 0. The first-order valence-electron chi connectivity index (χ1n) is 10.4. The molecule has 6 heteroatoms. The molecule has 1 aromatic carbocycles. The molecule has 0 aromatic heterocycles. The van der Waals surface area contributed by atoms with Crippen molar-refractivity contribution in [1.29, 1.82) is 0 Å². The molecule has 0 unspecified atom stereocenters. The van der Waals surface area contributed by atoms with E-state index in [1.807, 2.05) is 0 Å². The molecule has 1 fully saturated rings. The molecule has 2 N–H and O–H groups in total. The molecular weight excluding hydrogens is 465 g/mol. The lowest BCUT2D eigenvalue weighted by Crippen LogP contribution is -2.42. The molecule has 0 radical (unpaired) electrons. The first kappa shape index (κ1) is 25.2. The van der Waals surface area contributed by atoms with E-state index in [1.54, 1.807) is 0 Å². The molecule has 1 saturated heterocycles. The average molecular weight is 503 g/mol. The zero-order valence-corrected chi connectivity index (χ0v) is 20.0. The minimum absolute atomic E-state index is 0. The van der Waals surface area contributed by atoms with Crippen LogP contribution in [0.15, 0.2) is 35.3 Å². The van der Waals surface area contributed by atoms with Gasteiger partial charge in [-0.2, -0.15) is 0 Å². The number of aliphatic imine (C=N–C) groups is 1. The molecule has 0 spiro atoms. The second kappa shape index (κ2) is 14.2. The highest BCUT2D eigenvalue weighted by molar-refractivity contribution is 14.0. The van der Waals surface area contributed by atoms with Gasteiger partial charge in [0.25, 0.3) is 0 Å². The Balaban J connectivity index is 0.00000392. The lowest BCUT2D eigenvalue weighted by molar-refractivity contribution is 0.0531. The number of ether oxygens (including phenoxy) is 2. The summed E-state index contributed by atoms with van der Waals surface area (Å²) in [5.74, 6) is 1.55. The molecule has 0 amide bonds. The quantitative estimate of drug-likeness (QED) is 0.220. The molecule has 28 heavy (non-hydrogen) atoms. The molecular formula is C22H38IN3O2. The molecule has 0 bridgehead atoms. The van der Waals surface area contributed by atoms with Crippen LogP contribution in [-0.2, 0) is 14.9 Å². The highest BCUT2D eigenvalue weighted by Gasteiger charge is 2.34. The summed E-state index contributed by atoms with van der Waals surface area (Å²) in [6, 6.07) is 10.8. The van der Waals surface area contributed by atoms with Crippen molar-refractivity contribution in [3.05, 3.63) is 35.9 Å². The smallest absolute Gasteiger partial charge is 0.191 e. The fourth-order valence-electron chi connectivity index (χ4n) is 3.33. The third-order valence-corrected chi connectivity index (χ3v) is 5.10. The Labute approximate surface area is 188 Å². The molecule has 0 atom stereocenters. The number of hydrogen-bond donors (Lipinski definition) is 2. The van der Waals surface area contributed by atoms with E-state index in [0.717, 1.165) is 64.7 Å². The number of nitrogens with zero attached hydrogens (tertiary/aromatic N) is 1. The largest absolute Gasteiger partial charge is 0.381 e. The Bertz CT molecular complexity index is 546. The van der Waals surface area contributed by atoms with Gasteiger partial charge in [-0.1, -0.05) is 44.2 Å². The summed E-state index contributed by atoms with van der Waals surface area (Å²) in [6.45, 7) is 12.1. The van der Waals surface area contributed by atoms with Gasteiger partial charge in [0, 0.05) is 38.3 Å². The van der Waals surface area contributed by atoms with E-state index in [1.165, 1.54) is 5.56 Å². The van der Waals surface area contributed by atoms with Gasteiger partial charge in [-0.05, 0) is 37.7 Å². The van der Waals surface area contributed by atoms with Crippen LogP contribution in [0.25, 0.3) is 0 Å². The van der Waals surface area contributed by atoms with Crippen molar-refractivity contribution in [2.45, 2.75) is 45.4 Å². The summed E-state index contributed by atoms with van der Waals surface area (Å²) in [5.41, 5.74) is 1.43. The van der Waals surface area contributed by atoms with Crippen molar-refractivity contribution < 1.29 is 9.47 Å². The summed E-state index contributed by atoms with van der Waals surface area (Å²) in [6.07, 6.45) is 3.13. The minimum Gasteiger partial charge on any atom is -0.381 e. The first-order valence-corrected chi connectivity index (χ1v) is 10.4. The van der Waals surface area contributed by atoms with Crippen LogP contribution in [0.4, 0.5) is 0 Å². The molecule has 0 saturated carbocycles. The first-order chi connectivity index (χ1) is 13.2. The number of halogens is 1. The highest BCUT2D eigenvalue weighted by atomic mass is 127. The Morgan fingerprint density at radius 1 is 1.14 bits per heavy atom. The fraction of sp³-hybridized carbons (Fsp3) is 0.682. The molecule has 2 rings (SSSR count). The van der Waals surface area contributed by atoms with E-state index in [2.05, 4.69) is 61.7 Å². The van der Waals surface area contributed by atoms with Crippen LogP contribution < -0.4 is 10.6 Å². The third-order valence-electron chi connectivity index (χ3n) is 5.10. The molecule has 0 aliphatic carbocycles. The lowest BCUT2D eigenvalue weighted by Gasteiger charge is -2.36. The fourth-order valence-corrected chi connectivity index (χ4v) is 3.33. The molecule has 160 valence electrons. The summed E-state index contributed by atoms with van der Waals surface area (Å²) < 4.78 is 11.3. The standard InChI is InChI=1S/C22H37N3O2.HI/c1-4-23-21(24-13-17-26-14-10-19(2)3)25-18-22(11-15-27-16-12-22)20-8-6-5-7-9-20;/h5-9,19H,4,10-18H2,1-3H3,(H2,23,24,25);1H. The zero-order chi connectivity index (χ0) is 19.4. The summed E-state index contributed by atoms with van der Waals surface area (Å²) in [5, 5.41) is 6.75. The third kappa shape index (κ3) is 8.66. The predicted octanol–water partition coefficient (Wildman–Crippen LogP) is 3.97. The SMILES string of the molecule is CCNC(=NCC1(c2ccccc2)CCOCC1)NCCOCCC(C)C.I. The predicted molar refractivity (Wildman–Crippen MR) is 128 cm³/mol. The van der Waals surface area contributed by atoms with Crippen LogP contribution in [0, 0.1) is 5.92 Å². The molecule has 1 aliphatic rings. The van der Waals surface area contributed by atoms with Crippen LogP contribution in [-0.4, -0.2) is 52.0 Å². The summed E-state index contributed by atoms with van der Waals surface area (Å²) in [7, 11) is 0. The average Bonchev–Trinajstić information content (AvgIpc) is 2.70. The maximum absolute atomic E-state index is 5.69.